The van der Waals surface area contributed by atoms with Crippen molar-refractivity contribution < 1.29 is 14.9 Å². The Labute approximate surface area is 339 Å². The Balaban J connectivity index is 0.897. The van der Waals surface area contributed by atoms with Gasteiger partial charge in [0.05, 0.1) is 23.7 Å². The number of nitrogens with one attached hydrogen (secondary N) is 4. The van der Waals surface area contributed by atoms with Crippen molar-refractivity contribution in [2.24, 2.45) is 0 Å². The van der Waals surface area contributed by atoms with E-state index in [2.05, 4.69) is 78.6 Å². The highest BCUT2D eigenvalue weighted by molar-refractivity contribution is 5.88. The van der Waals surface area contributed by atoms with Crippen LogP contribution in [-0.2, 0) is 51.4 Å². The van der Waals surface area contributed by atoms with Gasteiger partial charge in [0.1, 0.15) is 11.5 Å². The molecule has 0 saturated carbocycles. The van der Waals surface area contributed by atoms with Crippen LogP contribution in [0.5, 0.6) is 11.5 Å². The fourth-order valence-electron chi connectivity index (χ4n) is 9.51. The lowest BCUT2D eigenvalue weighted by Gasteiger charge is -2.20. The fraction of sp³-hybridized carbons (Fsp3) is 0.388. The first kappa shape index (κ1) is 39.6. The number of hydrogen-bond donors (Lipinski definition) is 6. The van der Waals surface area contributed by atoms with E-state index in [1.165, 1.54) is 62.2 Å². The highest BCUT2D eigenvalue weighted by Crippen LogP contribution is 2.34. The molecule has 6 N–H and O–H groups in total. The number of aryl methyl sites for hydroxylation is 3. The molecule has 3 atom stereocenters. The zero-order valence-electron chi connectivity index (χ0n) is 34.1. The average molecular weight is 781 g/mol. The van der Waals surface area contributed by atoms with Gasteiger partial charge >= 0.3 is 0 Å². The number of aromatic nitrogens is 2. The van der Waals surface area contributed by atoms with Crippen molar-refractivity contribution in [3.8, 4) is 11.5 Å². The summed E-state index contributed by atoms with van der Waals surface area (Å²) in [5, 5.41) is 30.5. The van der Waals surface area contributed by atoms with Crippen molar-refractivity contribution in [3.05, 3.63) is 149 Å². The summed E-state index contributed by atoms with van der Waals surface area (Å²) in [4.78, 5) is 30.2. The predicted molar refractivity (Wildman–Crippen MR) is 233 cm³/mol. The zero-order chi connectivity index (χ0) is 40.5. The van der Waals surface area contributed by atoms with Gasteiger partial charge in [-0.15, -0.1) is 0 Å². The Morgan fingerprint density at radius 1 is 0.672 bits per heavy atom. The molecule has 0 amide bonds. The van der Waals surface area contributed by atoms with E-state index in [0.29, 0.717) is 41.4 Å². The summed E-state index contributed by atoms with van der Waals surface area (Å²) in [5.74, 6) is 0.790. The number of benzene rings is 4. The Bertz CT molecular complexity index is 2560. The minimum Gasteiger partial charge on any atom is -0.506 e. The van der Waals surface area contributed by atoms with Crippen LogP contribution in [0.2, 0.25) is 0 Å². The predicted octanol–water partition coefficient (Wildman–Crippen LogP) is 7.03. The largest absolute Gasteiger partial charge is 0.506 e. The molecule has 58 heavy (non-hydrogen) atoms. The molecule has 4 aromatic carbocycles. The number of fused-ring (bicyclic) bond motifs is 4. The number of pyridine rings is 2. The van der Waals surface area contributed by atoms with Crippen LogP contribution < -0.4 is 26.5 Å². The van der Waals surface area contributed by atoms with Gasteiger partial charge in [-0.05, 0) is 138 Å². The van der Waals surface area contributed by atoms with E-state index >= 15 is 0 Å². The lowest BCUT2D eigenvalue weighted by molar-refractivity contribution is 0.171. The number of aliphatic hydroxyl groups is 1. The van der Waals surface area contributed by atoms with Crippen LogP contribution in [0.15, 0.2) is 82.4 Å². The third kappa shape index (κ3) is 8.08. The van der Waals surface area contributed by atoms with E-state index in [1.807, 2.05) is 12.1 Å². The van der Waals surface area contributed by atoms with Gasteiger partial charge in [0, 0.05) is 47.5 Å². The summed E-state index contributed by atoms with van der Waals surface area (Å²) in [6.07, 6.45) is 6.98. The molecule has 9 heteroatoms. The van der Waals surface area contributed by atoms with Crippen molar-refractivity contribution in [2.45, 2.75) is 103 Å². The number of aromatic amines is 2. The average Bonchev–Trinajstić information content (AvgIpc) is 3.83. The highest BCUT2D eigenvalue weighted by Gasteiger charge is 2.26. The molecule has 9 nitrogen and oxygen atoms in total. The lowest BCUT2D eigenvalue weighted by atomic mass is 9.91. The highest BCUT2D eigenvalue weighted by atomic mass is 16.5. The number of hydrogen-bond acceptors (Lipinski definition) is 7. The second kappa shape index (κ2) is 16.9. The minimum absolute atomic E-state index is 0.0214. The van der Waals surface area contributed by atoms with E-state index < -0.39 is 6.10 Å². The molecule has 2 aromatic heterocycles. The van der Waals surface area contributed by atoms with E-state index in [1.54, 1.807) is 18.2 Å². The van der Waals surface area contributed by atoms with Gasteiger partial charge in [0.25, 0.3) is 0 Å². The van der Waals surface area contributed by atoms with Gasteiger partial charge < -0.3 is 35.6 Å². The van der Waals surface area contributed by atoms with Crippen LogP contribution >= 0.6 is 0 Å². The lowest BCUT2D eigenvalue weighted by Crippen LogP contribution is -2.33. The van der Waals surface area contributed by atoms with Gasteiger partial charge in [-0.1, -0.05) is 64.1 Å². The first-order valence-corrected chi connectivity index (χ1v) is 21.2. The number of rotatable bonds is 15. The zero-order valence-corrected chi connectivity index (χ0v) is 34.1. The van der Waals surface area contributed by atoms with Crippen molar-refractivity contribution >= 4 is 21.8 Å². The minimum atomic E-state index is -0.813. The van der Waals surface area contributed by atoms with Gasteiger partial charge in [0.2, 0.25) is 11.1 Å². The molecule has 2 aliphatic rings. The second-order valence-corrected chi connectivity index (χ2v) is 16.4. The molecule has 2 heterocycles. The monoisotopic (exact) mass is 780 g/mol. The van der Waals surface area contributed by atoms with E-state index in [-0.39, 0.29) is 28.8 Å². The maximum absolute atomic E-state index is 12.6. The van der Waals surface area contributed by atoms with E-state index in [9.17, 15) is 19.8 Å². The van der Waals surface area contributed by atoms with E-state index in [0.717, 1.165) is 68.8 Å². The summed E-state index contributed by atoms with van der Waals surface area (Å²) in [7, 11) is 0. The number of H-pyrrole nitrogens is 2. The maximum Gasteiger partial charge on any atom is 0.248 e. The fourth-order valence-corrected chi connectivity index (χ4v) is 9.51. The maximum atomic E-state index is 12.6. The topological polar surface area (TPSA) is 139 Å². The molecular formula is C49H56N4O5. The van der Waals surface area contributed by atoms with Gasteiger partial charge in [0.15, 0.2) is 0 Å². The third-order valence-corrected chi connectivity index (χ3v) is 12.7. The molecule has 0 fully saturated rings. The van der Waals surface area contributed by atoms with E-state index in [4.69, 9.17) is 4.74 Å². The molecule has 0 saturated heterocycles. The Hall–Kier alpha value is -5.22. The standard InChI is InChI=1S/C49H56N4O5/c1-5-29-18-33-21-37(22-34(33)19-30(29)6-2)50-17-16-32-8-13-45(49-39(32)10-14-47(57)53-49)58-27-28(4)42-25-36-24-38(23-35(36)20-31(42)7-3)51-26-44(55)40-9-12-43(54)48-41(40)11-15-46(56)52-48/h8-15,18-20,25,28,37-38,44,50-51,54-55H,5-7,16-17,21-24,26-27H2,1-4H3,(H,52,56)(H,53,57)/t28?,38?,44-/m0/s1. The van der Waals surface area contributed by atoms with Crippen molar-refractivity contribution in [1.29, 1.82) is 0 Å². The molecule has 0 bridgehead atoms. The quantitative estimate of drug-likeness (QED) is 0.0658. The first-order valence-electron chi connectivity index (χ1n) is 21.2. The van der Waals surface area contributed by atoms with Crippen LogP contribution in [0.1, 0.15) is 95.4 Å². The van der Waals surface area contributed by atoms with Crippen LogP contribution in [-0.4, -0.2) is 52.0 Å². The number of aliphatic hydroxyl groups excluding tert-OH is 1. The molecule has 0 aliphatic heterocycles. The van der Waals surface area contributed by atoms with Gasteiger partial charge in [-0.2, -0.15) is 0 Å². The van der Waals surface area contributed by atoms with Crippen molar-refractivity contribution in [3.63, 3.8) is 0 Å². The molecule has 6 aromatic rings. The van der Waals surface area contributed by atoms with Crippen LogP contribution in [0.4, 0.5) is 0 Å². The Morgan fingerprint density at radius 3 is 1.91 bits per heavy atom. The summed E-state index contributed by atoms with van der Waals surface area (Å²) < 4.78 is 6.54. The normalized spacial score (nSPS) is 16.2. The Morgan fingerprint density at radius 2 is 1.26 bits per heavy atom. The number of phenols is 1. The number of phenolic OH excluding ortho intramolecular Hbond substituents is 1. The van der Waals surface area contributed by atoms with Crippen LogP contribution in [0.25, 0.3) is 21.8 Å². The molecule has 0 spiro atoms. The molecule has 2 aliphatic carbocycles. The SMILES string of the molecule is CCc1cc2c(cc1CC)CC(NCCc1ccc(OCC(C)c3cc4c(cc3CC)CC(NC[C@H](O)c3ccc(O)c5[nH]c(=O)ccc35)C4)c3[nH]c(=O)ccc13)C2. The number of aromatic hydroxyl groups is 1. The first-order chi connectivity index (χ1) is 28.1. The third-order valence-electron chi connectivity index (χ3n) is 12.7. The summed E-state index contributed by atoms with van der Waals surface area (Å²) in [5.41, 5.74) is 13.7. The number of ether oxygens (including phenoxy) is 1. The van der Waals surface area contributed by atoms with Crippen LogP contribution in [0.3, 0.4) is 0 Å². The Kier molecular flexibility index (Phi) is 11.6. The second-order valence-electron chi connectivity index (χ2n) is 16.4. The summed E-state index contributed by atoms with van der Waals surface area (Å²) >= 11 is 0. The molecular weight excluding hydrogens is 725 g/mol. The summed E-state index contributed by atoms with van der Waals surface area (Å²) in [6, 6.07) is 24.1. The van der Waals surface area contributed by atoms with Crippen molar-refractivity contribution in [1.82, 2.24) is 20.6 Å². The molecule has 302 valence electrons. The molecule has 2 unspecified atom stereocenters. The molecule has 0 radical (unpaired) electrons. The molecule has 8 rings (SSSR count). The summed E-state index contributed by atoms with van der Waals surface area (Å²) in [6.45, 7) is 10.6. The van der Waals surface area contributed by atoms with Gasteiger partial charge in [-0.25, -0.2) is 0 Å². The smallest absolute Gasteiger partial charge is 0.248 e. The van der Waals surface area contributed by atoms with Crippen molar-refractivity contribution in [2.75, 3.05) is 19.7 Å². The van der Waals surface area contributed by atoms with Gasteiger partial charge in [-0.3, -0.25) is 9.59 Å². The van der Waals surface area contributed by atoms with Crippen LogP contribution in [0, 0.1) is 0 Å².